The number of hydrogen-bond acceptors (Lipinski definition) is 4. The van der Waals surface area contributed by atoms with Crippen molar-refractivity contribution >= 4 is 5.91 Å². The van der Waals surface area contributed by atoms with Crippen LogP contribution in [-0.4, -0.2) is 65.7 Å². The number of benzene rings is 1. The van der Waals surface area contributed by atoms with Crippen molar-refractivity contribution in [3.05, 3.63) is 29.8 Å². The molecule has 1 amide bonds. The van der Waals surface area contributed by atoms with Crippen molar-refractivity contribution < 1.29 is 14.6 Å². The zero-order chi connectivity index (χ0) is 16.9. The first-order valence-electron chi connectivity index (χ1n) is 9.02. The van der Waals surface area contributed by atoms with E-state index in [9.17, 15) is 9.90 Å². The zero-order valence-electron chi connectivity index (χ0n) is 14.5. The van der Waals surface area contributed by atoms with E-state index >= 15 is 0 Å². The SMILES string of the molecule is Cc1ccccc1OC1CCN(C(=O)CN2CCC[C@@H](O)C2)CC1. The molecule has 0 spiro atoms. The zero-order valence-corrected chi connectivity index (χ0v) is 14.5. The van der Waals surface area contributed by atoms with Crippen molar-refractivity contribution in [3.63, 3.8) is 0 Å². The number of hydrogen-bond donors (Lipinski definition) is 1. The predicted octanol–water partition coefficient (Wildman–Crippen LogP) is 1.82. The fourth-order valence-corrected chi connectivity index (χ4v) is 3.56. The molecule has 1 aromatic carbocycles. The van der Waals surface area contributed by atoms with Crippen LogP contribution in [0.3, 0.4) is 0 Å². The van der Waals surface area contributed by atoms with Crippen LogP contribution in [0.5, 0.6) is 5.75 Å². The van der Waals surface area contributed by atoms with E-state index in [0.29, 0.717) is 13.1 Å². The van der Waals surface area contributed by atoms with Gasteiger partial charge in [-0.3, -0.25) is 9.69 Å². The van der Waals surface area contributed by atoms with Gasteiger partial charge < -0.3 is 14.7 Å². The highest BCUT2D eigenvalue weighted by Crippen LogP contribution is 2.22. The van der Waals surface area contributed by atoms with E-state index in [4.69, 9.17) is 4.74 Å². The van der Waals surface area contributed by atoms with Crippen LogP contribution in [0.15, 0.2) is 24.3 Å². The fourth-order valence-electron chi connectivity index (χ4n) is 3.56. The Hall–Kier alpha value is -1.59. The van der Waals surface area contributed by atoms with Crippen LogP contribution < -0.4 is 4.74 Å². The van der Waals surface area contributed by atoms with Crippen LogP contribution in [0.4, 0.5) is 0 Å². The largest absolute Gasteiger partial charge is 0.490 e. The Bertz CT molecular complexity index is 555. The van der Waals surface area contributed by atoms with Gasteiger partial charge in [-0.1, -0.05) is 18.2 Å². The minimum Gasteiger partial charge on any atom is -0.490 e. The van der Waals surface area contributed by atoms with E-state index in [2.05, 4.69) is 17.9 Å². The maximum atomic E-state index is 12.5. The molecule has 0 aliphatic carbocycles. The number of rotatable bonds is 4. The Balaban J connectivity index is 1.44. The molecule has 1 aromatic rings. The van der Waals surface area contributed by atoms with Gasteiger partial charge >= 0.3 is 0 Å². The van der Waals surface area contributed by atoms with E-state index in [1.807, 2.05) is 23.1 Å². The van der Waals surface area contributed by atoms with Crippen LogP contribution in [0.1, 0.15) is 31.2 Å². The van der Waals surface area contributed by atoms with E-state index in [0.717, 1.165) is 56.6 Å². The molecule has 1 N–H and O–H groups in total. The molecule has 2 saturated heterocycles. The molecule has 3 rings (SSSR count). The van der Waals surface area contributed by atoms with Crippen LogP contribution in [-0.2, 0) is 4.79 Å². The lowest BCUT2D eigenvalue weighted by Crippen LogP contribution is -2.48. The minimum atomic E-state index is -0.278. The molecule has 5 nitrogen and oxygen atoms in total. The van der Waals surface area contributed by atoms with Crippen molar-refractivity contribution in [1.29, 1.82) is 0 Å². The van der Waals surface area contributed by atoms with Crippen LogP contribution >= 0.6 is 0 Å². The second-order valence-corrected chi connectivity index (χ2v) is 6.99. The summed E-state index contributed by atoms with van der Waals surface area (Å²) >= 11 is 0. The van der Waals surface area contributed by atoms with Crippen molar-refractivity contribution in [1.82, 2.24) is 9.80 Å². The molecule has 24 heavy (non-hydrogen) atoms. The van der Waals surface area contributed by atoms with Crippen molar-refractivity contribution in [3.8, 4) is 5.75 Å². The van der Waals surface area contributed by atoms with Crippen LogP contribution in [0, 0.1) is 6.92 Å². The van der Waals surface area contributed by atoms with E-state index in [1.54, 1.807) is 0 Å². The third-order valence-electron chi connectivity index (χ3n) is 5.02. The molecule has 2 aliphatic rings. The first kappa shape index (κ1) is 17.2. The summed E-state index contributed by atoms with van der Waals surface area (Å²) in [4.78, 5) is 16.5. The number of β-amino-alcohol motifs (C(OH)–C–C–N with tert-alkyl or cyclic N) is 1. The molecule has 1 atom stereocenters. The number of likely N-dealkylation sites (tertiary alicyclic amines) is 2. The van der Waals surface area contributed by atoms with Gasteiger partial charge in [0.15, 0.2) is 0 Å². The van der Waals surface area contributed by atoms with Gasteiger partial charge in [-0.25, -0.2) is 0 Å². The van der Waals surface area contributed by atoms with Crippen LogP contribution in [0.25, 0.3) is 0 Å². The summed E-state index contributed by atoms with van der Waals surface area (Å²) in [6, 6.07) is 8.07. The van der Waals surface area contributed by atoms with Crippen molar-refractivity contribution in [2.45, 2.75) is 44.8 Å². The van der Waals surface area contributed by atoms with Gasteiger partial charge in [0.2, 0.25) is 5.91 Å². The van der Waals surface area contributed by atoms with Crippen LogP contribution in [0.2, 0.25) is 0 Å². The number of amides is 1. The molecule has 2 heterocycles. The topological polar surface area (TPSA) is 53.0 Å². The number of piperidine rings is 2. The molecule has 5 heteroatoms. The summed E-state index contributed by atoms with van der Waals surface area (Å²) in [5.74, 6) is 1.13. The average Bonchev–Trinajstić information content (AvgIpc) is 2.57. The van der Waals surface area contributed by atoms with E-state index in [-0.39, 0.29) is 18.1 Å². The number of ether oxygens (including phenoxy) is 1. The van der Waals surface area contributed by atoms with Gasteiger partial charge in [0.25, 0.3) is 0 Å². The van der Waals surface area contributed by atoms with Gasteiger partial charge in [0.05, 0.1) is 12.6 Å². The Labute approximate surface area is 144 Å². The lowest BCUT2D eigenvalue weighted by Gasteiger charge is -2.35. The molecule has 0 bridgehead atoms. The van der Waals surface area contributed by atoms with E-state index < -0.39 is 0 Å². The fraction of sp³-hybridized carbons (Fsp3) is 0.632. The smallest absolute Gasteiger partial charge is 0.236 e. The molecular weight excluding hydrogens is 304 g/mol. The molecule has 0 saturated carbocycles. The normalized spacial score (nSPS) is 23.2. The second-order valence-electron chi connectivity index (χ2n) is 6.99. The summed E-state index contributed by atoms with van der Waals surface area (Å²) in [5, 5.41) is 9.72. The quantitative estimate of drug-likeness (QED) is 0.914. The molecule has 2 aliphatic heterocycles. The van der Waals surface area contributed by atoms with Gasteiger partial charge in [-0.05, 0) is 37.9 Å². The summed E-state index contributed by atoms with van der Waals surface area (Å²) in [6.45, 7) is 5.53. The molecule has 0 unspecified atom stereocenters. The number of carbonyl (C=O) groups excluding carboxylic acids is 1. The summed E-state index contributed by atoms with van der Waals surface area (Å²) in [7, 11) is 0. The first-order valence-corrected chi connectivity index (χ1v) is 9.02. The molecule has 2 fully saturated rings. The number of aliphatic hydroxyl groups is 1. The van der Waals surface area contributed by atoms with Crippen molar-refractivity contribution in [2.75, 3.05) is 32.7 Å². The maximum Gasteiger partial charge on any atom is 0.236 e. The predicted molar refractivity (Wildman–Crippen MR) is 93.1 cm³/mol. The van der Waals surface area contributed by atoms with Crippen molar-refractivity contribution in [2.24, 2.45) is 0 Å². The van der Waals surface area contributed by atoms with Gasteiger partial charge in [0, 0.05) is 32.5 Å². The third kappa shape index (κ3) is 4.48. The highest BCUT2D eigenvalue weighted by Gasteiger charge is 2.26. The summed E-state index contributed by atoms with van der Waals surface area (Å²) < 4.78 is 6.10. The average molecular weight is 332 g/mol. The van der Waals surface area contributed by atoms with Gasteiger partial charge in [-0.2, -0.15) is 0 Å². The monoisotopic (exact) mass is 332 g/mol. The number of carbonyl (C=O) groups is 1. The molecular formula is C19H28N2O3. The number of aryl methyl sites for hydroxylation is 1. The summed E-state index contributed by atoms with van der Waals surface area (Å²) in [6.07, 6.45) is 3.49. The first-order chi connectivity index (χ1) is 11.6. The Kier molecular flexibility index (Phi) is 5.74. The second kappa shape index (κ2) is 7.99. The summed E-state index contributed by atoms with van der Waals surface area (Å²) in [5.41, 5.74) is 1.15. The highest BCUT2D eigenvalue weighted by atomic mass is 16.5. The molecule has 132 valence electrons. The molecule has 0 radical (unpaired) electrons. The van der Waals surface area contributed by atoms with Gasteiger partial charge in [-0.15, -0.1) is 0 Å². The minimum absolute atomic E-state index is 0.179. The Morgan fingerprint density at radius 2 is 1.96 bits per heavy atom. The lowest BCUT2D eigenvalue weighted by atomic mass is 10.1. The highest BCUT2D eigenvalue weighted by molar-refractivity contribution is 5.78. The maximum absolute atomic E-state index is 12.5. The van der Waals surface area contributed by atoms with Gasteiger partial charge in [0.1, 0.15) is 11.9 Å². The number of aliphatic hydroxyl groups excluding tert-OH is 1. The third-order valence-corrected chi connectivity index (χ3v) is 5.02. The van der Waals surface area contributed by atoms with E-state index in [1.165, 1.54) is 0 Å². The lowest BCUT2D eigenvalue weighted by molar-refractivity contribution is -0.134. The Morgan fingerprint density at radius 1 is 1.21 bits per heavy atom. The Morgan fingerprint density at radius 3 is 2.67 bits per heavy atom. The number of nitrogens with zero attached hydrogens (tertiary/aromatic N) is 2. The number of para-hydroxylation sites is 1. The standard InChI is InChI=1S/C19H28N2O3/c1-15-5-2-3-7-18(15)24-17-8-11-21(12-9-17)19(23)14-20-10-4-6-16(22)13-20/h2-3,5,7,16-17,22H,4,6,8-14H2,1H3/t16-/m1/s1. The molecule has 0 aromatic heterocycles.